The predicted octanol–water partition coefficient (Wildman–Crippen LogP) is 13.3. The molecule has 10 rings (SSSR count). The molecule has 0 amide bonds. The van der Waals surface area contributed by atoms with Crippen molar-refractivity contribution in [3.05, 3.63) is 174 Å². The van der Waals surface area contributed by atoms with Crippen molar-refractivity contribution in [2.75, 3.05) is 4.90 Å². The molecule has 0 N–H and O–H groups in total. The molecule has 0 aliphatic heterocycles. The van der Waals surface area contributed by atoms with Crippen LogP contribution >= 0.6 is 0 Å². The number of rotatable bonds is 4. The molecule has 240 valence electrons. The summed E-state index contributed by atoms with van der Waals surface area (Å²) in [5.74, 6) is 0. The van der Waals surface area contributed by atoms with Gasteiger partial charge in [0.1, 0.15) is 11.2 Å². The molecule has 0 bridgehead atoms. The SMILES string of the molecule is CC1(C)c2ccccc2-c2cc(N(c3ccc4c(c3)C(C)(C)c3ccccc3-4)c3ccccc3-c3cccc4oc5ccccc5c34)ccc21. The van der Waals surface area contributed by atoms with E-state index in [4.69, 9.17) is 4.42 Å². The minimum atomic E-state index is -0.116. The highest BCUT2D eigenvalue weighted by atomic mass is 16.3. The second-order valence-electron chi connectivity index (χ2n) is 14.9. The zero-order valence-corrected chi connectivity index (χ0v) is 28.8. The molecular formula is C48H37NO. The van der Waals surface area contributed by atoms with Gasteiger partial charge in [0.05, 0.1) is 5.69 Å². The molecule has 0 atom stereocenters. The number of benzene rings is 7. The zero-order valence-electron chi connectivity index (χ0n) is 28.8. The van der Waals surface area contributed by atoms with Crippen LogP contribution < -0.4 is 4.90 Å². The third kappa shape index (κ3) is 3.96. The third-order valence-corrected chi connectivity index (χ3v) is 11.5. The number of para-hydroxylation sites is 2. The molecule has 0 saturated heterocycles. The number of furan rings is 1. The van der Waals surface area contributed by atoms with E-state index in [2.05, 4.69) is 178 Å². The van der Waals surface area contributed by atoms with Crippen LogP contribution in [0.1, 0.15) is 49.9 Å². The van der Waals surface area contributed by atoms with Gasteiger partial charge >= 0.3 is 0 Å². The second-order valence-corrected chi connectivity index (χ2v) is 14.9. The fourth-order valence-electron chi connectivity index (χ4n) is 9.00. The first-order valence-electron chi connectivity index (χ1n) is 17.6. The summed E-state index contributed by atoms with van der Waals surface area (Å²) in [7, 11) is 0. The van der Waals surface area contributed by atoms with Crippen LogP contribution in [0, 0.1) is 0 Å². The van der Waals surface area contributed by atoms with Crippen molar-refractivity contribution in [1.82, 2.24) is 0 Å². The number of hydrogen-bond acceptors (Lipinski definition) is 2. The fraction of sp³-hybridized carbons (Fsp3) is 0.125. The maximum atomic E-state index is 6.38. The highest BCUT2D eigenvalue weighted by Gasteiger charge is 2.37. The average Bonchev–Trinajstić information content (AvgIpc) is 3.72. The minimum Gasteiger partial charge on any atom is -0.456 e. The van der Waals surface area contributed by atoms with E-state index >= 15 is 0 Å². The van der Waals surface area contributed by atoms with Crippen molar-refractivity contribution in [3.63, 3.8) is 0 Å². The first-order chi connectivity index (χ1) is 24.3. The van der Waals surface area contributed by atoms with Crippen molar-refractivity contribution in [2.45, 2.75) is 38.5 Å². The van der Waals surface area contributed by atoms with Crippen LogP contribution in [0.3, 0.4) is 0 Å². The normalized spacial score (nSPS) is 14.7. The molecule has 0 spiro atoms. The molecule has 8 aromatic rings. The van der Waals surface area contributed by atoms with Crippen molar-refractivity contribution < 1.29 is 4.42 Å². The van der Waals surface area contributed by atoms with E-state index < -0.39 is 0 Å². The lowest BCUT2D eigenvalue weighted by atomic mass is 9.82. The van der Waals surface area contributed by atoms with Crippen LogP contribution in [0.15, 0.2) is 156 Å². The van der Waals surface area contributed by atoms with E-state index in [1.54, 1.807) is 0 Å². The first-order valence-corrected chi connectivity index (χ1v) is 17.6. The van der Waals surface area contributed by atoms with E-state index in [-0.39, 0.29) is 10.8 Å². The van der Waals surface area contributed by atoms with E-state index in [1.807, 2.05) is 6.07 Å². The topological polar surface area (TPSA) is 16.4 Å². The van der Waals surface area contributed by atoms with E-state index in [1.165, 1.54) is 44.5 Å². The van der Waals surface area contributed by atoms with Crippen LogP contribution in [0.2, 0.25) is 0 Å². The Labute approximate surface area is 293 Å². The Morgan fingerprint density at radius 2 is 0.940 bits per heavy atom. The summed E-state index contributed by atoms with van der Waals surface area (Å²) in [5.41, 5.74) is 18.1. The maximum Gasteiger partial charge on any atom is 0.136 e. The van der Waals surface area contributed by atoms with Crippen molar-refractivity contribution in [2.24, 2.45) is 0 Å². The minimum absolute atomic E-state index is 0.0610. The number of hydrogen-bond donors (Lipinski definition) is 0. The predicted molar refractivity (Wildman–Crippen MR) is 209 cm³/mol. The number of nitrogens with zero attached hydrogens (tertiary/aromatic N) is 1. The Kier molecular flexibility index (Phi) is 6.01. The zero-order chi connectivity index (χ0) is 33.8. The summed E-state index contributed by atoms with van der Waals surface area (Å²) in [6, 6.07) is 55.6. The molecule has 2 aliphatic carbocycles. The first kappa shape index (κ1) is 29.1. The summed E-state index contributed by atoms with van der Waals surface area (Å²) in [4.78, 5) is 2.48. The van der Waals surface area contributed by atoms with Gasteiger partial charge in [0.15, 0.2) is 0 Å². The van der Waals surface area contributed by atoms with Gasteiger partial charge in [-0.1, -0.05) is 137 Å². The second kappa shape index (κ2) is 10.3. The third-order valence-electron chi connectivity index (χ3n) is 11.5. The monoisotopic (exact) mass is 643 g/mol. The van der Waals surface area contributed by atoms with Gasteiger partial charge in [-0.15, -0.1) is 0 Å². The lowest BCUT2D eigenvalue weighted by Gasteiger charge is -2.30. The quantitative estimate of drug-likeness (QED) is 0.190. The Bertz CT molecular complexity index is 2670. The standard InChI is InChI=1S/C48H37NO/c1-47(2)40-20-10-6-15-33(40)38-28-30(25-27-41(38)47)49(31-24-26-34-32-14-5-9-19-39(32)48(3,4)42(34)29-31)43-21-11-7-16-35(43)36-18-13-23-45-46(36)37-17-8-12-22-44(37)50-45/h5-29H,1-4H3. The summed E-state index contributed by atoms with van der Waals surface area (Å²) >= 11 is 0. The lowest BCUT2D eigenvalue weighted by Crippen LogP contribution is -2.17. The Morgan fingerprint density at radius 3 is 1.74 bits per heavy atom. The van der Waals surface area contributed by atoms with Crippen LogP contribution in [0.5, 0.6) is 0 Å². The van der Waals surface area contributed by atoms with Crippen LogP contribution in [0.4, 0.5) is 17.1 Å². The number of fused-ring (bicyclic) bond motifs is 9. The van der Waals surface area contributed by atoms with Gasteiger partial charge in [-0.25, -0.2) is 0 Å². The van der Waals surface area contributed by atoms with E-state index in [9.17, 15) is 0 Å². The molecule has 0 saturated carbocycles. The Hall–Kier alpha value is -5.86. The molecule has 1 aromatic heterocycles. The van der Waals surface area contributed by atoms with Gasteiger partial charge < -0.3 is 9.32 Å². The molecule has 0 radical (unpaired) electrons. The molecule has 0 unspecified atom stereocenters. The molecule has 2 nitrogen and oxygen atoms in total. The fourth-order valence-corrected chi connectivity index (χ4v) is 9.00. The van der Waals surface area contributed by atoms with Crippen molar-refractivity contribution >= 4 is 39.0 Å². The van der Waals surface area contributed by atoms with Gasteiger partial charge in [-0.3, -0.25) is 0 Å². The largest absolute Gasteiger partial charge is 0.456 e. The highest BCUT2D eigenvalue weighted by molar-refractivity contribution is 6.14. The summed E-state index contributed by atoms with van der Waals surface area (Å²) in [6.45, 7) is 9.42. The van der Waals surface area contributed by atoms with Crippen LogP contribution in [-0.4, -0.2) is 0 Å². The van der Waals surface area contributed by atoms with Gasteiger partial charge in [-0.05, 0) is 92.5 Å². The summed E-state index contributed by atoms with van der Waals surface area (Å²) < 4.78 is 6.38. The van der Waals surface area contributed by atoms with Gasteiger partial charge in [0.25, 0.3) is 0 Å². The van der Waals surface area contributed by atoms with Gasteiger partial charge in [0.2, 0.25) is 0 Å². The summed E-state index contributed by atoms with van der Waals surface area (Å²) in [6.07, 6.45) is 0. The highest BCUT2D eigenvalue weighted by Crippen LogP contribution is 2.54. The maximum absolute atomic E-state index is 6.38. The van der Waals surface area contributed by atoms with Crippen molar-refractivity contribution in [3.8, 4) is 33.4 Å². The Balaban J connectivity index is 1.24. The van der Waals surface area contributed by atoms with Crippen LogP contribution in [-0.2, 0) is 10.8 Å². The lowest BCUT2D eigenvalue weighted by molar-refractivity contribution is 0.660. The van der Waals surface area contributed by atoms with Gasteiger partial charge in [0, 0.05) is 38.5 Å². The van der Waals surface area contributed by atoms with E-state index in [0.717, 1.165) is 50.1 Å². The van der Waals surface area contributed by atoms with Crippen LogP contribution in [0.25, 0.3) is 55.3 Å². The van der Waals surface area contributed by atoms with Gasteiger partial charge in [-0.2, -0.15) is 0 Å². The smallest absolute Gasteiger partial charge is 0.136 e. The molecule has 7 aromatic carbocycles. The molecule has 50 heavy (non-hydrogen) atoms. The molecule has 0 fully saturated rings. The summed E-state index contributed by atoms with van der Waals surface area (Å²) in [5, 5.41) is 2.28. The molecule has 2 aliphatic rings. The number of anilines is 3. The molecular weight excluding hydrogens is 607 g/mol. The Morgan fingerprint density at radius 1 is 0.400 bits per heavy atom. The molecule has 2 heteroatoms. The van der Waals surface area contributed by atoms with Crippen molar-refractivity contribution in [1.29, 1.82) is 0 Å². The molecule has 1 heterocycles. The van der Waals surface area contributed by atoms with E-state index in [0.29, 0.717) is 0 Å². The average molecular weight is 644 g/mol.